The molecule has 0 atom stereocenters. The van der Waals surface area contributed by atoms with E-state index in [2.05, 4.69) is 9.71 Å². The van der Waals surface area contributed by atoms with E-state index in [1.165, 1.54) is 38.4 Å². The Morgan fingerprint density at radius 1 is 0.846 bits per heavy atom. The Morgan fingerprint density at radius 3 is 2.12 bits per heavy atom. The van der Waals surface area contributed by atoms with Crippen LogP contribution in [-0.4, -0.2) is 40.2 Å². The van der Waals surface area contributed by atoms with Gasteiger partial charge in [0.1, 0.15) is 0 Å². The summed E-state index contributed by atoms with van der Waals surface area (Å²) in [5.74, 6) is 0. The molecule has 0 spiro atoms. The summed E-state index contributed by atoms with van der Waals surface area (Å²) in [4.78, 5) is 4.20. The monoisotopic (exact) mass is 391 g/mol. The Morgan fingerprint density at radius 2 is 1.46 bits per heavy atom. The number of hydrogen-bond acceptors (Lipinski definition) is 5. The van der Waals surface area contributed by atoms with E-state index in [0.717, 1.165) is 9.69 Å². The van der Waals surface area contributed by atoms with E-state index in [-0.39, 0.29) is 9.79 Å². The number of fused-ring (bicyclic) bond motifs is 1. The summed E-state index contributed by atoms with van der Waals surface area (Å²) in [6, 6.07) is 13.9. The van der Waals surface area contributed by atoms with Gasteiger partial charge in [-0.25, -0.2) is 21.1 Å². The molecule has 0 saturated heterocycles. The highest BCUT2D eigenvalue weighted by Crippen LogP contribution is 2.24. The molecule has 0 radical (unpaired) electrons. The van der Waals surface area contributed by atoms with Crippen molar-refractivity contribution in [2.45, 2.75) is 9.79 Å². The molecule has 0 fully saturated rings. The lowest BCUT2D eigenvalue weighted by Gasteiger charge is -2.13. The van der Waals surface area contributed by atoms with E-state index in [0.29, 0.717) is 11.2 Å². The van der Waals surface area contributed by atoms with Crippen molar-refractivity contribution in [3.8, 4) is 0 Å². The van der Waals surface area contributed by atoms with E-state index in [1.54, 1.807) is 24.4 Å². The van der Waals surface area contributed by atoms with Crippen LogP contribution in [0.25, 0.3) is 10.9 Å². The van der Waals surface area contributed by atoms with E-state index < -0.39 is 20.0 Å². The quantitative estimate of drug-likeness (QED) is 0.720. The predicted molar refractivity (Wildman–Crippen MR) is 99.9 cm³/mol. The standard InChI is InChI=1S/C17H17N3O4S2/c1-20(2)26(23,24)15-10-8-14(9-11-15)25(21,22)19-16-7-3-5-13-6-4-12-18-17(13)16/h3-12,19H,1-2H3. The minimum Gasteiger partial charge on any atom is -0.277 e. The second-order valence-electron chi connectivity index (χ2n) is 5.75. The first-order valence-corrected chi connectivity index (χ1v) is 10.5. The van der Waals surface area contributed by atoms with Gasteiger partial charge in [-0.05, 0) is 36.4 Å². The summed E-state index contributed by atoms with van der Waals surface area (Å²) >= 11 is 0. The maximum atomic E-state index is 12.6. The second-order valence-corrected chi connectivity index (χ2v) is 9.58. The van der Waals surface area contributed by atoms with Crippen LogP contribution in [0.4, 0.5) is 5.69 Å². The van der Waals surface area contributed by atoms with Gasteiger partial charge >= 0.3 is 0 Å². The van der Waals surface area contributed by atoms with Crippen molar-refractivity contribution in [1.82, 2.24) is 9.29 Å². The summed E-state index contributed by atoms with van der Waals surface area (Å²) in [5, 5.41) is 0.806. The Balaban J connectivity index is 1.96. The van der Waals surface area contributed by atoms with Gasteiger partial charge in [0.2, 0.25) is 10.0 Å². The minimum atomic E-state index is -3.89. The van der Waals surface area contributed by atoms with Crippen LogP contribution in [0.15, 0.2) is 70.6 Å². The number of sulfonamides is 2. The van der Waals surface area contributed by atoms with Crippen molar-refractivity contribution in [3.05, 3.63) is 60.8 Å². The van der Waals surface area contributed by atoms with Crippen molar-refractivity contribution in [1.29, 1.82) is 0 Å². The molecular formula is C17H17N3O4S2. The van der Waals surface area contributed by atoms with Crippen LogP contribution in [0.1, 0.15) is 0 Å². The van der Waals surface area contributed by atoms with Gasteiger partial charge in [0.15, 0.2) is 0 Å². The third-order valence-electron chi connectivity index (χ3n) is 3.79. The Labute approximate surface area is 152 Å². The number of hydrogen-bond donors (Lipinski definition) is 1. The number of rotatable bonds is 5. The molecule has 7 nitrogen and oxygen atoms in total. The first-order chi connectivity index (χ1) is 12.2. The van der Waals surface area contributed by atoms with Crippen molar-refractivity contribution < 1.29 is 16.8 Å². The normalized spacial score (nSPS) is 12.4. The number of pyridine rings is 1. The van der Waals surface area contributed by atoms with Crippen LogP contribution in [-0.2, 0) is 20.0 Å². The molecule has 0 bridgehead atoms. The number of nitrogens with one attached hydrogen (secondary N) is 1. The Bertz CT molecular complexity index is 1150. The molecule has 2 aromatic carbocycles. The lowest BCUT2D eigenvalue weighted by Crippen LogP contribution is -2.22. The lowest BCUT2D eigenvalue weighted by atomic mass is 10.2. The second kappa shape index (κ2) is 6.67. The average molecular weight is 391 g/mol. The molecule has 0 saturated carbocycles. The molecule has 0 aliphatic heterocycles. The van der Waals surface area contributed by atoms with E-state index in [9.17, 15) is 16.8 Å². The molecule has 1 heterocycles. The molecule has 0 unspecified atom stereocenters. The fourth-order valence-corrected chi connectivity index (χ4v) is 4.36. The highest BCUT2D eigenvalue weighted by molar-refractivity contribution is 7.92. The van der Waals surface area contributed by atoms with Crippen LogP contribution in [0.5, 0.6) is 0 Å². The maximum Gasteiger partial charge on any atom is 0.261 e. The molecule has 0 amide bonds. The zero-order chi connectivity index (χ0) is 18.9. The molecule has 3 rings (SSSR count). The number of anilines is 1. The SMILES string of the molecule is CN(C)S(=O)(=O)c1ccc(S(=O)(=O)Nc2cccc3cccnc23)cc1. The van der Waals surface area contributed by atoms with Gasteiger partial charge in [0.25, 0.3) is 10.0 Å². The highest BCUT2D eigenvalue weighted by atomic mass is 32.2. The van der Waals surface area contributed by atoms with Crippen LogP contribution < -0.4 is 4.72 Å². The maximum absolute atomic E-state index is 12.6. The molecule has 9 heteroatoms. The van der Waals surface area contributed by atoms with Crippen molar-refractivity contribution in [2.75, 3.05) is 18.8 Å². The van der Waals surface area contributed by atoms with Gasteiger partial charge in [-0.1, -0.05) is 18.2 Å². The summed E-state index contributed by atoms with van der Waals surface area (Å²) in [6.07, 6.45) is 1.58. The van der Waals surface area contributed by atoms with Crippen molar-refractivity contribution in [2.24, 2.45) is 0 Å². The molecule has 1 aromatic heterocycles. The number of benzene rings is 2. The van der Waals surface area contributed by atoms with Crippen molar-refractivity contribution >= 4 is 36.6 Å². The van der Waals surface area contributed by atoms with Crippen LogP contribution in [0.2, 0.25) is 0 Å². The first kappa shape index (κ1) is 18.3. The average Bonchev–Trinajstić information content (AvgIpc) is 2.62. The largest absolute Gasteiger partial charge is 0.277 e. The molecule has 0 aliphatic carbocycles. The van der Waals surface area contributed by atoms with Gasteiger partial charge in [-0.15, -0.1) is 0 Å². The van der Waals surface area contributed by atoms with Gasteiger partial charge in [-0.3, -0.25) is 9.71 Å². The Kier molecular flexibility index (Phi) is 4.70. The molecule has 136 valence electrons. The first-order valence-electron chi connectivity index (χ1n) is 7.61. The zero-order valence-corrected chi connectivity index (χ0v) is 15.8. The minimum absolute atomic E-state index is 0.0216. The third kappa shape index (κ3) is 3.41. The molecule has 0 aliphatic rings. The van der Waals surface area contributed by atoms with E-state index >= 15 is 0 Å². The number of nitrogens with zero attached hydrogens (tertiary/aromatic N) is 2. The van der Waals surface area contributed by atoms with Gasteiger partial charge in [-0.2, -0.15) is 0 Å². The number of aromatic nitrogens is 1. The van der Waals surface area contributed by atoms with Crippen LogP contribution >= 0.6 is 0 Å². The predicted octanol–water partition coefficient (Wildman–Crippen LogP) is 2.29. The fourth-order valence-electron chi connectivity index (χ4n) is 2.39. The molecule has 3 aromatic rings. The molecular weight excluding hydrogens is 374 g/mol. The third-order valence-corrected chi connectivity index (χ3v) is 7.00. The summed E-state index contributed by atoms with van der Waals surface area (Å²) in [7, 11) is -4.68. The summed E-state index contributed by atoms with van der Waals surface area (Å²) in [6.45, 7) is 0. The topological polar surface area (TPSA) is 96.4 Å². The van der Waals surface area contributed by atoms with Crippen molar-refractivity contribution in [3.63, 3.8) is 0 Å². The lowest BCUT2D eigenvalue weighted by molar-refractivity contribution is 0.520. The fraction of sp³-hybridized carbons (Fsp3) is 0.118. The summed E-state index contributed by atoms with van der Waals surface area (Å²) in [5.41, 5.74) is 0.887. The number of para-hydroxylation sites is 1. The molecule has 1 N–H and O–H groups in total. The smallest absolute Gasteiger partial charge is 0.261 e. The van der Waals surface area contributed by atoms with Gasteiger partial charge in [0, 0.05) is 25.7 Å². The van der Waals surface area contributed by atoms with Gasteiger partial charge in [0.05, 0.1) is 21.0 Å². The van der Waals surface area contributed by atoms with Gasteiger partial charge < -0.3 is 0 Å². The zero-order valence-electron chi connectivity index (χ0n) is 14.1. The van der Waals surface area contributed by atoms with Crippen LogP contribution in [0, 0.1) is 0 Å². The van der Waals surface area contributed by atoms with Crippen LogP contribution in [0.3, 0.4) is 0 Å². The molecule has 26 heavy (non-hydrogen) atoms. The Hall–Kier alpha value is -2.49. The summed E-state index contributed by atoms with van der Waals surface area (Å²) < 4.78 is 53.0. The van der Waals surface area contributed by atoms with E-state index in [1.807, 2.05) is 12.1 Å². The highest BCUT2D eigenvalue weighted by Gasteiger charge is 2.20. The van der Waals surface area contributed by atoms with E-state index in [4.69, 9.17) is 0 Å².